The van der Waals surface area contributed by atoms with Crippen LogP contribution in [0.2, 0.25) is 0 Å². The van der Waals surface area contributed by atoms with Gasteiger partial charge in [0.15, 0.2) is 0 Å². The van der Waals surface area contributed by atoms with E-state index in [1.165, 1.54) is 41.3 Å². The third kappa shape index (κ3) is 18.3. The van der Waals surface area contributed by atoms with Crippen LogP contribution in [0.5, 0.6) is 0 Å². The molecular formula is C56H68N14O7S2. The molecule has 0 atom stereocenters. The molecule has 0 unspecified atom stereocenters. The molecule has 0 fully saturated rings. The molecule has 6 N–H and O–H groups in total. The number of ether oxygens (including phenoxy) is 2. The number of aromatic amines is 1. The average Bonchev–Trinajstić information content (AvgIpc) is 4.22. The van der Waals surface area contributed by atoms with Crippen LogP contribution in [0, 0.1) is 13.8 Å². The van der Waals surface area contributed by atoms with Crippen LogP contribution in [0.25, 0.3) is 22.5 Å². The zero-order valence-electron chi connectivity index (χ0n) is 46.9. The molecule has 0 saturated carbocycles. The first-order valence-electron chi connectivity index (χ1n) is 25.1. The van der Waals surface area contributed by atoms with Crippen LogP contribution in [-0.2, 0) is 33.4 Å². The highest BCUT2D eigenvalue weighted by Gasteiger charge is 2.23. The molecular weight excluding hydrogens is 1040 g/mol. The lowest BCUT2D eigenvalue weighted by Crippen LogP contribution is -2.32. The van der Waals surface area contributed by atoms with Gasteiger partial charge in [-0.1, -0.05) is 65.8 Å². The van der Waals surface area contributed by atoms with Crippen LogP contribution in [-0.4, -0.2) is 90.3 Å². The lowest BCUT2D eigenvalue weighted by atomic mass is 9.98. The van der Waals surface area contributed by atoms with Crippen molar-refractivity contribution < 1.29 is 33.8 Å². The van der Waals surface area contributed by atoms with E-state index in [4.69, 9.17) is 14.6 Å². The number of aromatic carboxylic acids is 1. The summed E-state index contributed by atoms with van der Waals surface area (Å²) in [5, 5.41) is 33.1. The predicted octanol–water partition coefficient (Wildman–Crippen LogP) is 11.9. The van der Waals surface area contributed by atoms with Crippen molar-refractivity contribution in [2.45, 2.75) is 132 Å². The molecule has 0 aliphatic heterocycles. The van der Waals surface area contributed by atoms with E-state index in [0.29, 0.717) is 40.4 Å². The third-order valence-corrected chi connectivity index (χ3v) is 13.6. The molecule has 2 aromatic carbocycles. The molecule has 23 heteroatoms. The minimum Gasteiger partial charge on any atom is -0.477 e. The van der Waals surface area contributed by atoms with E-state index in [9.17, 15) is 19.2 Å². The van der Waals surface area contributed by atoms with E-state index >= 15 is 0 Å². The number of benzene rings is 2. The van der Waals surface area contributed by atoms with Gasteiger partial charge in [0.05, 0.1) is 63.8 Å². The van der Waals surface area contributed by atoms with Crippen LogP contribution in [0.1, 0.15) is 135 Å². The number of hydrogen-bond acceptors (Lipinski definition) is 18. The Morgan fingerprint density at radius 2 is 1.13 bits per heavy atom. The fourth-order valence-corrected chi connectivity index (χ4v) is 8.53. The minimum absolute atomic E-state index is 0.0572. The Bertz CT molecular complexity index is 3380. The second-order valence-corrected chi connectivity index (χ2v) is 24.2. The number of aryl methyl sites for hydroxylation is 2. The molecule has 8 aromatic rings. The van der Waals surface area contributed by atoms with Crippen LogP contribution in [0.4, 0.5) is 32.9 Å². The topological polar surface area (TPSA) is 279 Å². The standard InChI is InChI=1S/C25H32N6O4.C23H25N7OS.C8H11NO2S/c1-16-12-17(8-9-18(16)13-27-22(32)34-24(2,3)4)20-10-11-26-21(30-20)29-19-14-28-31(15-19)23(33)35-25(5,6)7;1-14-9-15(18-7-8-24-22(30-18)29-17-11-27-28-12-17)5-6-16(14)10-25-20(31)19-13-26-21(32-19)23(2,3)4;1-8(2,3)7-9-4-5(12-7)6(10)11/h8-12,14-15H,13H2,1-7H3,(H,27,32)(H,26,29,30);5-9,11-13H,10H2,1-4H3,(H,25,31)(H,27,28)(H,24,29,30);4H,1-3H3,(H,10,11). The third-order valence-electron chi connectivity index (χ3n) is 10.8. The summed E-state index contributed by atoms with van der Waals surface area (Å²) in [6, 6.07) is 15.6. The van der Waals surface area contributed by atoms with Gasteiger partial charge in [-0.3, -0.25) is 9.89 Å². The summed E-state index contributed by atoms with van der Waals surface area (Å²) in [6.07, 6.45) is 11.8. The van der Waals surface area contributed by atoms with Crippen molar-refractivity contribution in [3.05, 3.63) is 140 Å². The maximum Gasteiger partial charge on any atom is 0.435 e. The number of nitrogens with one attached hydrogen (secondary N) is 5. The van der Waals surface area contributed by atoms with Crippen molar-refractivity contribution in [2.24, 2.45) is 0 Å². The molecule has 2 amide bonds. The summed E-state index contributed by atoms with van der Waals surface area (Å²) in [7, 11) is 0. The highest BCUT2D eigenvalue weighted by Crippen LogP contribution is 2.29. The number of rotatable bonds is 12. The fourth-order valence-electron chi connectivity index (χ4n) is 6.83. The fraction of sp³-hybridized carbons (Fsp3) is 0.357. The van der Waals surface area contributed by atoms with Gasteiger partial charge in [-0.05, 0) is 102 Å². The van der Waals surface area contributed by atoms with Gasteiger partial charge < -0.3 is 35.8 Å². The first-order valence-corrected chi connectivity index (χ1v) is 26.7. The van der Waals surface area contributed by atoms with E-state index in [1.54, 1.807) is 51.8 Å². The van der Waals surface area contributed by atoms with Crippen molar-refractivity contribution in [2.75, 3.05) is 10.6 Å². The number of hydrogen-bond donors (Lipinski definition) is 6. The second-order valence-electron chi connectivity index (χ2n) is 22.1. The molecule has 0 radical (unpaired) electrons. The normalized spacial score (nSPS) is 11.5. The Hall–Kier alpha value is -8.44. The van der Waals surface area contributed by atoms with Crippen LogP contribution in [0.15, 0.2) is 98.1 Å². The number of H-pyrrole nitrogens is 1. The Morgan fingerprint density at radius 3 is 1.58 bits per heavy atom. The zero-order valence-corrected chi connectivity index (χ0v) is 48.5. The smallest absolute Gasteiger partial charge is 0.435 e. The molecule has 0 saturated heterocycles. The number of carbonyl (C=O) groups excluding carboxylic acids is 3. The van der Waals surface area contributed by atoms with Gasteiger partial charge in [0.25, 0.3) is 5.91 Å². The first-order chi connectivity index (χ1) is 37.0. The molecule has 0 spiro atoms. The number of nitrogens with zero attached hydrogens (tertiary/aromatic N) is 9. The first kappa shape index (κ1) is 59.8. The van der Waals surface area contributed by atoms with Gasteiger partial charge in [0.2, 0.25) is 11.9 Å². The Morgan fingerprint density at radius 1 is 0.620 bits per heavy atom. The molecule has 79 heavy (non-hydrogen) atoms. The van der Waals surface area contributed by atoms with E-state index in [2.05, 4.69) is 93.3 Å². The summed E-state index contributed by atoms with van der Waals surface area (Å²) in [6.45, 7) is 28.0. The maximum absolute atomic E-state index is 12.6. The second kappa shape index (κ2) is 25.4. The number of aromatic nitrogens is 10. The monoisotopic (exact) mass is 1110 g/mol. The van der Waals surface area contributed by atoms with Gasteiger partial charge >= 0.3 is 18.2 Å². The number of anilines is 4. The predicted molar refractivity (Wildman–Crippen MR) is 306 cm³/mol. The largest absolute Gasteiger partial charge is 0.477 e. The van der Waals surface area contributed by atoms with Crippen LogP contribution in [0.3, 0.4) is 0 Å². The highest BCUT2D eigenvalue weighted by atomic mass is 32.1. The highest BCUT2D eigenvalue weighted by molar-refractivity contribution is 7.14. The van der Waals surface area contributed by atoms with Crippen molar-refractivity contribution in [1.29, 1.82) is 0 Å². The van der Waals surface area contributed by atoms with Gasteiger partial charge in [-0.15, -0.1) is 22.7 Å². The average molecular weight is 1110 g/mol. The molecule has 6 aromatic heterocycles. The molecule has 0 aliphatic rings. The summed E-state index contributed by atoms with van der Waals surface area (Å²) >= 11 is 2.68. The van der Waals surface area contributed by atoms with Gasteiger partial charge in [-0.2, -0.15) is 14.9 Å². The van der Waals surface area contributed by atoms with E-state index < -0.39 is 29.4 Å². The van der Waals surface area contributed by atoms with E-state index in [1.807, 2.05) is 97.9 Å². The van der Waals surface area contributed by atoms with Crippen LogP contribution < -0.4 is 21.3 Å². The van der Waals surface area contributed by atoms with E-state index in [0.717, 1.165) is 65.2 Å². The Kier molecular flexibility index (Phi) is 19.2. The zero-order chi connectivity index (χ0) is 57.9. The molecule has 21 nitrogen and oxygen atoms in total. The summed E-state index contributed by atoms with van der Waals surface area (Å²) < 4.78 is 11.7. The lowest BCUT2D eigenvalue weighted by Gasteiger charge is -2.20. The lowest BCUT2D eigenvalue weighted by molar-refractivity contribution is 0.0507. The maximum atomic E-state index is 12.6. The van der Waals surface area contributed by atoms with Gasteiger partial charge in [-0.25, -0.2) is 44.3 Å². The quantitative estimate of drug-likeness (QED) is 0.0663. The molecule has 6 heterocycles. The number of carboxylic acids is 1. The van der Waals surface area contributed by atoms with Gasteiger partial charge in [0, 0.05) is 53.6 Å². The number of amides is 2. The number of alkyl carbamates (subject to hydrolysis) is 1. The number of thiazole rings is 2. The molecule has 416 valence electrons. The van der Waals surface area contributed by atoms with Crippen LogP contribution >= 0.6 is 22.7 Å². The molecule has 0 bridgehead atoms. The Labute approximate surface area is 467 Å². The summed E-state index contributed by atoms with van der Waals surface area (Å²) in [4.78, 5) is 74.2. The van der Waals surface area contributed by atoms with Crippen molar-refractivity contribution in [3.8, 4) is 22.5 Å². The van der Waals surface area contributed by atoms with Crippen molar-refractivity contribution in [3.63, 3.8) is 0 Å². The SMILES string of the molecule is CC(C)(C)c1ncc(C(=O)O)s1.Cc1cc(-c2ccnc(Nc3cn[nH]c3)n2)ccc1CNC(=O)c1cnc(C(C)(C)C)s1.Cc1cc(-c2ccnc(Nc3cnn(C(=O)OC(C)(C)C)c3)n2)ccc1CNC(=O)OC(C)(C)C. The molecule has 0 aliphatic carbocycles. The number of carboxylic acid groups (broad SMARTS) is 1. The molecule has 8 rings (SSSR count). The van der Waals surface area contributed by atoms with E-state index in [-0.39, 0.29) is 16.7 Å². The Balaban J connectivity index is 0.000000212. The van der Waals surface area contributed by atoms with Crippen molar-refractivity contribution in [1.82, 2.24) is 60.5 Å². The summed E-state index contributed by atoms with van der Waals surface area (Å²) in [5.41, 5.74) is 7.57. The summed E-state index contributed by atoms with van der Waals surface area (Å²) in [5.74, 6) is -0.146. The van der Waals surface area contributed by atoms with Crippen molar-refractivity contribution >= 4 is 70.0 Å². The minimum atomic E-state index is -0.900. The van der Waals surface area contributed by atoms with Gasteiger partial charge in [0.1, 0.15) is 21.0 Å². The number of carbonyl (C=O) groups is 4.